The topological polar surface area (TPSA) is 149 Å². The molecule has 0 saturated carbocycles. The van der Waals surface area contributed by atoms with Gasteiger partial charge in [-0.25, -0.2) is 9.78 Å². The van der Waals surface area contributed by atoms with Crippen LogP contribution in [0.4, 0.5) is 10.5 Å². The summed E-state index contributed by atoms with van der Waals surface area (Å²) in [4.78, 5) is 65.7. The number of piperidine rings is 1. The number of hydrogen-bond donors (Lipinski definition) is 3. The number of aromatic nitrogens is 1. The molecular formula is C57H66Cl2N8O6S. The minimum atomic E-state index is -0.500. The molecule has 2 aliphatic heterocycles. The monoisotopic (exact) mass is 1060 g/mol. The highest BCUT2D eigenvalue weighted by Crippen LogP contribution is 2.33. The summed E-state index contributed by atoms with van der Waals surface area (Å²) < 4.78 is 11.7. The van der Waals surface area contributed by atoms with Crippen molar-refractivity contribution in [3.05, 3.63) is 147 Å². The van der Waals surface area contributed by atoms with E-state index in [4.69, 9.17) is 37.7 Å². The molecule has 2 aliphatic rings. The zero-order valence-corrected chi connectivity index (χ0v) is 44.4. The van der Waals surface area contributed by atoms with Crippen LogP contribution in [0.2, 0.25) is 10.0 Å². The number of esters is 1. The summed E-state index contributed by atoms with van der Waals surface area (Å²) in [5.74, 6) is 0.00833. The van der Waals surface area contributed by atoms with Gasteiger partial charge in [0.05, 0.1) is 22.2 Å². The van der Waals surface area contributed by atoms with Crippen molar-refractivity contribution in [2.24, 2.45) is 0 Å². The molecule has 4 amide bonds. The lowest BCUT2D eigenvalue weighted by atomic mass is 10.0. The minimum absolute atomic E-state index is 0.00975. The van der Waals surface area contributed by atoms with Crippen LogP contribution in [0.25, 0.3) is 21.3 Å². The molecule has 0 radical (unpaired) electrons. The number of nitrogens with one attached hydrogen (secondary N) is 3. The fourth-order valence-corrected chi connectivity index (χ4v) is 10.4. The Morgan fingerprint density at radius 1 is 0.743 bits per heavy atom. The number of ether oxygens (including phenoxy) is 2. The van der Waals surface area contributed by atoms with E-state index in [0.717, 1.165) is 115 Å². The number of piperazine rings is 1. The minimum Gasteiger partial charge on any atom is -0.492 e. The number of hydrogen-bond acceptors (Lipinski definition) is 11. The van der Waals surface area contributed by atoms with E-state index in [1.807, 2.05) is 77.0 Å². The Kier molecular flexibility index (Phi) is 20.1. The molecule has 1 aromatic heterocycles. The molecule has 2 saturated heterocycles. The van der Waals surface area contributed by atoms with E-state index in [9.17, 15) is 19.2 Å². The molecule has 8 rings (SSSR count). The summed E-state index contributed by atoms with van der Waals surface area (Å²) in [6.07, 6.45) is 4.60. The van der Waals surface area contributed by atoms with Crippen LogP contribution >= 0.6 is 34.5 Å². The molecule has 74 heavy (non-hydrogen) atoms. The van der Waals surface area contributed by atoms with Gasteiger partial charge in [-0.3, -0.25) is 19.3 Å². The van der Waals surface area contributed by atoms with Crippen LogP contribution in [0, 0.1) is 0 Å². The van der Waals surface area contributed by atoms with Crippen molar-refractivity contribution in [3.63, 3.8) is 0 Å². The van der Waals surface area contributed by atoms with Gasteiger partial charge in [0.15, 0.2) is 0 Å². The van der Waals surface area contributed by atoms with Gasteiger partial charge in [0.25, 0.3) is 0 Å². The first-order valence-electron chi connectivity index (χ1n) is 25.7. The summed E-state index contributed by atoms with van der Waals surface area (Å²) in [6, 6.07) is 34.8. The number of amides is 4. The summed E-state index contributed by atoms with van der Waals surface area (Å²) >= 11 is 13.9. The number of halogens is 2. The van der Waals surface area contributed by atoms with Crippen LogP contribution in [-0.2, 0) is 45.2 Å². The molecule has 17 heteroatoms. The SMILES string of the molecule is CCCCN1CCC(N(Cc2cccc(CNC(=O)CCN3CCN(CCOc4cccc5ccc(-c6nc(CC(=O)NCC(=O)OCc7ccccc7)cs6)cc45)CC3)c2)C(=O)Nc2ccc(Cl)c(Cl)c2)CC1. The second kappa shape index (κ2) is 27.5. The van der Waals surface area contributed by atoms with Crippen LogP contribution in [0.5, 0.6) is 5.75 Å². The number of nitrogens with zero attached hydrogens (tertiary/aromatic N) is 5. The highest BCUT2D eigenvalue weighted by Gasteiger charge is 2.29. The number of rotatable bonds is 23. The Balaban J connectivity index is 0.746. The van der Waals surface area contributed by atoms with Crippen molar-refractivity contribution in [3.8, 4) is 16.3 Å². The number of urea groups is 1. The van der Waals surface area contributed by atoms with Crippen molar-refractivity contribution < 1.29 is 28.7 Å². The van der Waals surface area contributed by atoms with Crippen LogP contribution < -0.4 is 20.7 Å². The van der Waals surface area contributed by atoms with Gasteiger partial charge < -0.3 is 40.1 Å². The van der Waals surface area contributed by atoms with Gasteiger partial charge in [0.1, 0.15) is 30.5 Å². The first-order chi connectivity index (χ1) is 36.0. The Hall–Kier alpha value is -6.07. The predicted molar refractivity (Wildman–Crippen MR) is 295 cm³/mol. The Labute approximate surface area is 448 Å². The Morgan fingerprint density at radius 3 is 2.27 bits per heavy atom. The number of likely N-dealkylation sites (tertiary alicyclic amines) is 1. The number of fused-ring (bicyclic) bond motifs is 1. The maximum atomic E-state index is 13.9. The number of carbonyl (C=O) groups excluding carboxylic acids is 4. The van der Waals surface area contributed by atoms with E-state index >= 15 is 0 Å². The van der Waals surface area contributed by atoms with Crippen molar-refractivity contribution in [2.75, 3.05) is 77.4 Å². The van der Waals surface area contributed by atoms with Gasteiger partial charge in [0.2, 0.25) is 11.8 Å². The van der Waals surface area contributed by atoms with Crippen molar-refractivity contribution >= 4 is 74.8 Å². The third-order valence-corrected chi connectivity index (χ3v) is 15.2. The van der Waals surface area contributed by atoms with E-state index in [-0.39, 0.29) is 43.5 Å². The van der Waals surface area contributed by atoms with Gasteiger partial charge in [-0.05, 0) is 78.2 Å². The van der Waals surface area contributed by atoms with Gasteiger partial charge >= 0.3 is 12.0 Å². The molecule has 390 valence electrons. The molecule has 0 bridgehead atoms. The van der Waals surface area contributed by atoms with Gasteiger partial charge in [-0.1, -0.05) is 115 Å². The number of anilines is 1. The highest BCUT2D eigenvalue weighted by atomic mass is 35.5. The summed E-state index contributed by atoms with van der Waals surface area (Å²) in [5.41, 5.74) is 5.02. The number of carbonyl (C=O) groups is 4. The normalized spacial score (nSPS) is 14.6. The van der Waals surface area contributed by atoms with E-state index in [0.29, 0.717) is 54.1 Å². The first-order valence-corrected chi connectivity index (χ1v) is 27.3. The van der Waals surface area contributed by atoms with Crippen LogP contribution in [0.15, 0.2) is 115 Å². The van der Waals surface area contributed by atoms with Gasteiger partial charge in [-0.15, -0.1) is 11.3 Å². The maximum absolute atomic E-state index is 13.9. The maximum Gasteiger partial charge on any atom is 0.325 e. The molecule has 0 aliphatic carbocycles. The van der Waals surface area contributed by atoms with Crippen LogP contribution in [-0.4, -0.2) is 126 Å². The van der Waals surface area contributed by atoms with E-state index in [1.165, 1.54) is 17.8 Å². The second-order valence-electron chi connectivity index (χ2n) is 18.9. The highest BCUT2D eigenvalue weighted by molar-refractivity contribution is 7.13. The smallest absolute Gasteiger partial charge is 0.325 e. The first kappa shape index (κ1) is 54.2. The Morgan fingerprint density at radius 2 is 1.49 bits per heavy atom. The van der Waals surface area contributed by atoms with Crippen LogP contribution in [0.1, 0.15) is 61.4 Å². The lowest BCUT2D eigenvalue weighted by Crippen LogP contribution is -2.48. The molecule has 0 unspecified atom stereocenters. The molecule has 3 heterocycles. The van der Waals surface area contributed by atoms with Crippen molar-refractivity contribution in [1.82, 2.24) is 35.2 Å². The molecule has 3 N–H and O–H groups in total. The summed E-state index contributed by atoms with van der Waals surface area (Å²) in [6.45, 7) is 11.5. The molecule has 2 fully saturated rings. The van der Waals surface area contributed by atoms with E-state index < -0.39 is 5.97 Å². The van der Waals surface area contributed by atoms with E-state index in [2.05, 4.69) is 61.8 Å². The van der Waals surface area contributed by atoms with E-state index in [1.54, 1.807) is 18.2 Å². The largest absolute Gasteiger partial charge is 0.492 e. The summed E-state index contributed by atoms with van der Waals surface area (Å²) in [5, 5.41) is 14.3. The standard InChI is InChI=1S/C57H66Cl2N8O6S/c1-2-3-22-64-23-19-48(20-24-64)67(57(71)63-46-17-18-50(58)51(59)34-46)38-43-12-7-11-42(32-43)36-60-53(68)21-25-65-26-28-66(29-27-65)30-31-72-52-14-8-13-44-15-16-45(33-49(44)52)56-62-47(40-74-56)35-54(69)61-37-55(70)73-39-41-9-5-4-6-10-41/h4-18,32-34,40,48H,2-3,19-31,35-39H2,1H3,(H,60,68)(H,61,69)(H,63,71). The zero-order valence-electron chi connectivity index (χ0n) is 42.0. The fraction of sp³-hybridized carbons (Fsp3) is 0.386. The predicted octanol–water partition coefficient (Wildman–Crippen LogP) is 9.67. The second-order valence-corrected chi connectivity index (χ2v) is 20.6. The Bertz CT molecular complexity index is 2820. The third kappa shape index (κ3) is 16.2. The number of thiazole rings is 1. The molecule has 14 nitrogen and oxygen atoms in total. The lowest BCUT2D eigenvalue weighted by molar-refractivity contribution is -0.145. The summed E-state index contributed by atoms with van der Waals surface area (Å²) in [7, 11) is 0. The van der Waals surface area contributed by atoms with Crippen molar-refractivity contribution in [1.29, 1.82) is 0 Å². The number of unbranched alkanes of at least 4 members (excludes halogenated alkanes) is 1. The average molecular weight is 1060 g/mol. The van der Waals surface area contributed by atoms with Crippen molar-refractivity contribution in [2.45, 2.75) is 71.2 Å². The molecule has 0 atom stereocenters. The third-order valence-electron chi connectivity index (χ3n) is 13.5. The van der Waals surface area contributed by atoms with Gasteiger partial charge in [0, 0.05) is 99.9 Å². The molecule has 6 aromatic rings. The molecule has 0 spiro atoms. The lowest BCUT2D eigenvalue weighted by Gasteiger charge is -2.38. The average Bonchev–Trinajstić information content (AvgIpc) is 3.89. The molecular weight excluding hydrogens is 996 g/mol. The number of benzene rings is 5. The quantitative estimate of drug-likeness (QED) is 0.0530. The van der Waals surface area contributed by atoms with Gasteiger partial charge in [-0.2, -0.15) is 0 Å². The van der Waals surface area contributed by atoms with Crippen LogP contribution in [0.3, 0.4) is 0 Å². The molecule has 5 aromatic carbocycles. The fourth-order valence-electron chi connectivity index (χ4n) is 9.29. The zero-order chi connectivity index (χ0) is 51.7.